The molecule has 0 bridgehead atoms. The summed E-state index contributed by atoms with van der Waals surface area (Å²) in [5, 5.41) is 0.374. The van der Waals surface area contributed by atoms with Gasteiger partial charge in [-0.3, -0.25) is 0 Å². The normalized spacial score (nSPS) is 20.2. The van der Waals surface area contributed by atoms with Crippen LogP contribution < -0.4 is 10.6 Å². The van der Waals surface area contributed by atoms with E-state index in [0.717, 1.165) is 32.0 Å². The molecule has 0 aliphatic carbocycles. The van der Waals surface area contributed by atoms with Gasteiger partial charge in [0.25, 0.3) is 0 Å². The van der Waals surface area contributed by atoms with Crippen LogP contribution in [0.2, 0.25) is 5.15 Å². The molecular formula is C11H17ClN4O. The van der Waals surface area contributed by atoms with Gasteiger partial charge in [-0.15, -0.1) is 0 Å². The van der Waals surface area contributed by atoms with Crippen LogP contribution in [0, 0.1) is 5.92 Å². The van der Waals surface area contributed by atoms with Crippen LogP contribution >= 0.6 is 11.6 Å². The van der Waals surface area contributed by atoms with Gasteiger partial charge >= 0.3 is 0 Å². The van der Waals surface area contributed by atoms with E-state index in [0.29, 0.717) is 11.1 Å². The first kappa shape index (κ1) is 12.4. The molecule has 0 amide bonds. The third-order valence-corrected chi connectivity index (χ3v) is 3.07. The standard InChI is InChI=1S/C11H17ClN4O/c1-16(6-8-3-2-4-17-7-8)10-5-9(12)14-11(13)15-10/h5,8H,2-4,6-7H2,1H3,(H2,13,14,15). The van der Waals surface area contributed by atoms with Crippen LogP contribution in [0.1, 0.15) is 12.8 Å². The van der Waals surface area contributed by atoms with Crippen molar-refractivity contribution in [1.29, 1.82) is 0 Å². The predicted octanol–water partition coefficient (Wildman–Crippen LogP) is 1.57. The van der Waals surface area contributed by atoms with Gasteiger partial charge in [0.2, 0.25) is 5.95 Å². The molecule has 1 atom stereocenters. The molecule has 1 aliphatic rings. The Morgan fingerprint density at radius 3 is 3.06 bits per heavy atom. The van der Waals surface area contributed by atoms with Gasteiger partial charge in [-0.25, -0.2) is 4.98 Å². The van der Waals surface area contributed by atoms with E-state index in [1.54, 1.807) is 6.07 Å². The van der Waals surface area contributed by atoms with Crippen LogP contribution in [0.15, 0.2) is 6.07 Å². The minimum atomic E-state index is 0.208. The van der Waals surface area contributed by atoms with Crippen LogP contribution in [0.3, 0.4) is 0 Å². The van der Waals surface area contributed by atoms with Gasteiger partial charge in [0.05, 0.1) is 6.61 Å². The molecule has 0 aromatic carbocycles. The Bertz CT molecular complexity index is 361. The molecule has 1 fully saturated rings. The minimum Gasteiger partial charge on any atom is -0.381 e. The first-order valence-electron chi connectivity index (χ1n) is 5.74. The van der Waals surface area contributed by atoms with Crippen molar-refractivity contribution in [3.05, 3.63) is 11.2 Å². The van der Waals surface area contributed by atoms with Gasteiger partial charge in [-0.1, -0.05) is 11.6 Å². The van der Waals surface area contributed by atoms with Crippen molar-refractivity contribution in [2.75, 3.05) is 37.4 Å². The highest BCUT2D eigenvalue weighted by Gasteiger charge is 2.17. The first-order valence-corrected chi connectivity index (χ1v) is 6.12. The summed E-state index contributed by atoms with van der Waals surface area (Å²) in [6, 6.07) is 1.72. The fraction of sp³-hybridized carbons (Fsp3) is 0.636. The second kappa shape index (κ2) is 5.51. The van der Waals surface area contributed by atoms with Gasteiger partial charge in [0.1, 0.15) is 11.0 Å². The Hall–Kier alpha value is -1.07. The molecule has 5 nitrogen and oxygen atoms in total. The Labute approximate surface area is 106 Å². The van der Waals surface area contributed by atoms with Crippen molar-refractivity contribution in [3.8, 4) is 0 Å². The molecule has 1 aliphatic heterocycles. The molecule has 94 valence electrons. The van der Waals surface area contributed by atoms with Crippen molar-refractivity contribution in [3.63, 3.8) is 0 Å². The molecule has 0 radical (unpaired) electrons. The van der Waals surface area contributed by atoms with Gasteiger partial charge < -0.3 is 15.4 Å². The average molecular weight is 257 g/mol. The number of anilines is 2. The Kier molecular flexibility index (Phi) is 4.02. The summed E-state index contributed by atoms with van der Waals surface area (Å²) in [7, 11) is 1.98. The SMILES string of the molecule is CN(CC1CCCOC1)c1cc(Cl)nc(N)n1. The number of nitrogens with two attached hydrogens (primary N) is 1. The summed E-state index contributed by atoms with van der Waals surface area (Å²) < 4.78 is 5.46. The molecule has 1 aromatic rings. The molecule has 1 saturated heterocycles. The van der Waals surface area contributed by atoms with Crippen LogP contribution in [-0.2, 0) is 4.74 Å². The van der Waals surface area contributed by atoms with Gasteiger partial charge in [-0.05, 0) is 18.8 Å². The maximum absolute atomic E-state index is 5.85. The fourth-order valence-corrected chi connectivity index (χ4v) is 2.23. The highest BCUT2D eigenvalue weighted by molar-refractivity contribution is 6.29. The van der Waals surface area contributed by atoms with Crippen molar-refractivity contribution in [1.82, 2.24) is 9.97 Å². The number of nitrogens with zero attached hydrogens (tertiary/aromatic N) is 3. The molecule has 17 heavy (non-hydrogen) atoms. The largest absolute Gasteiger partial charge is 0.381 e. The zero-order valence-electron chi connectivity index (χ0n) is 9.90. The number of halogens is 1. The highest BCUT2D eigenvalue weighted by Crippen LogP contribution is 2.20. The zero-order chi connectivity index (χ0) is 12.3. The zero-order valence-corrected chi connectivity index (χ0v) is 10.7. The maximum Gasteiger partial charge on any atom is 0.223 e. The molecule has 1 unspecified atom stereocenters. The average Bonchev–Trinajstić information content (AvgIpc) is 2.29. The monoisotopic (exact) mass is 256 g/mol. The predicted molar refractivity (Wildman–Crippen MR) is 68.3 cm³/mol. The topological polar surface area (TPSA) is 64.3 Å². The van der Waals surface area contributed by atoms with E-state index < -0.39 is 0 Å². The van der Waals surface area contributed by atoms with Crippen molar-refractivity contribution < 1.29 is 4.74 Å². The van der Waals surface area contributed by atoms with E-state index in [-0.39, 0.29) is 5.95 Å². The van der Waals surface area contributed by atoms with E-state index in [1.807, 2.05) is 11.9 Å². The third kappa shape index (κ3) is 3.44. The number of rotatable bonds is 3. The fourth-order valence-electron chi connectivity index (χ4n) is 2.05. The smallest absolute Gasteiger partial charge is 0.223 e. The van der Waals surface area contributed by atoms with Crippen LogP contribution in [-0.4, -0.2) is 36.8 Å². The summed E-state index contributed by atoms with van der Waals surface area (Å²) in [6.45, 7) is 2.60. The van der Waals surface area contributed by atoms with Crippen LogP contribution in [0.4, 0.5) is 11.8 Å². The van der Waals surface area contributed by atoms with E-state index in [2.05, 4.69) is 9.97 Å². The summed E-state index contributed by atoms with van der Waals surface area (Å²) in [5.74, 6) is 1.51. The quantitative estimate of drug-likeness (QED) is 0.832. The summed E-state index contributed by atoms with van der Waals surface area (Å²) in [4.78, 5) is 10.1. The van der Waals surface area contributed by atoms with E-state index >= 15 is 0 Å². The molecule has 6 heteroatoms. The van der Waals surface area contributed by atoms with E-state index in [1.165, 1.54) is 6.42 Å². The Balaban J connectivity index is 2.00. The van der Waals surface area contributed by atoms with Crippen molar-refractivity contribution >= 4 is 23.4 Å². The second-order valence-corrected chi connectivity index (χ2v) is 4.76. The number of ether oxygens (including phenoxy) is 1. The molecule has 1 aromatic heterocycles. The number of hydrogen-bond donors (Lipinski definition) is 1. The van der Waals surface area contributed by atoms with E-state index in [9.17, 15) is 0 Å². The lowest BCUT2D eigenvalue weighted by Crippen LogP contribution is -2.31. The second-order valence-electron chi connectivity index (χ2n) is 4.37. The molecule has 0 saturated carbocycles. The van der Waals surface area contributed by atoms with Crippen molar-refractivity contribution in [2.24, 2.45) is 5.92 Å². The molecule has 2 heterocycles. The minimum absolute atomic E-state index is 0.208. The van der Waals surface area contributed by atoms with Gasteiger partial charge in [0, 0.05) is 26.3 Å². The summed E-state index contributed by atoms with van der Waals surface area (Å²) in [6.07, 6.45) is 2.32. The number of aromatic nitrogens is 2. The maximum atomic E-state index is 5.85. The van der Waals surface area contributed by atoms with Crippen LogP contribution in [0.5, 0.6) is 0 Å². The lowest BCUT2D eigenvalue weighted by atomic mass is 10.0. The lowest BCUT2D eigenvalue weighted by molar-refractivity contribution is 0.0576. The molecular weight excluding hydrogens is 240 g/mol. The van der Waals surface area contributed by atoms with Crippen LogP contribution in [0.25, 0.3) is 0 Å². The highest BCUT2D eigenvalue weighted by atomic mass is 35.5. The van der Waals surface area contributed by atoms with Gasteiger partial charge in [0.15, 0.2) is 0 Å². The molecule has 0 spiro atoms. The Morgan fingerprint density at radius 2 is 2.41 bits per heavy atom. The third-order valence-electron chi connectivity index (χ3n) is 2.88. The van der Waals surface area contributed by atoms with E-state index in [4.69, 9.17) is 22.1 Å². The first-order chi connectivity index (χ1) is 8.15. The Morgan fingerprint density at radius 1 is 1.59 bits per heavy atom. The number of hydrogen-bond acceptors (Lipinski definition) is 5. The number of nitrogen functional groups attached to an aromatic ring is 1. The van der Waals surface area contributed by atoms with Gasteiger partial charge in [-0.2, -0.15) is 4.98 Å². The van der Waals surface area contributed by atoms with Crippen molar-refractivity contribution in [2.45, 2.75) is 12.8 Å². The molecule has 2 N–H and O–H groups in total. The summed E-state index contributed by atoms with van der Waals surface area (Å²) in [5.41, 5.74) is 5.57. The lowest BCUT2D eigenvalue weighted by Gasteiger charge is -2.27. The molecule has 2 rings (SSSR count). The summed E-state index contributed by atoms with van der Waals surface area (Å²) >= 11 is 5.85.